The van der Waals surface area contributed by atoms with Crippen molar-refractivity contribution in [3.8, 4) is 0 Å². The number of nitrogens with zero attached hydrogens (tertiary/aromatic N) is 1. The zero-order chi connectivity index (χ0) is 42.1. The summed E-state index contributed by atoms with van der Waals surface area (Å²) in [5.74, 6) is -1.51. The van der Waals surface area contributed by atoms with E-state index in [0.29, 0.717) is 19.3 Å². The number of carboxylic acids is 1. The fourth-order valence-corrected chi connectivity index (χ4v) is 6.10. The molecule has 0 aromatic rings. The molecule has 0 aromatic carbocycles. The third-order valence-corrected chi connectivity index (χ3v) is 9.59. The Bertz CT molecular complexity index is 1160. The third kappa shape index (κ3) is 38.1. The van der Waals surface area contributed by atoms with Crippen LogP contribution in [0.2, 0.25) is 0 Å². The molecular weight excluding hydrogens is 715 g/mol. The molecule has 1 N–H and O–H groups in total. The molecule has 0 spiro atoms. The lowest BCUT2D eigenvalue weighted by Gasteiger charge is -2.31. The zero-order valence-corrected chi connectivity index (χ0v) is 37.0. The Morgan fingerprint density at radius 2 is 0.982 bits per heavy atom. The minimum Gasteiger partial charge on any atom is -0.477 e. The van der Waals surface area contributed by atoms with E-state index in [2.05, 4.69) is 86.8 Å². The number of ether oxygens (including phenoxy) is 3. The summed E-state index contributed by atoms with van der Waals surface area (Å²) in [6.07, 6.45) is 49.4. The average Bonchev–Trinajstić information content (AvgIpc) is 3.17. The molecule has 0 aliphatic heterocycles. The topological polar surface area (TPSA) is 99.1 Å². The number of carbonyl (C=O) groups excluding carboxylic acids is 2. The Morgan fingerprint density at radius 1 is 0.544 bits per heavy atom. The van der Waals surface area contributed by atoms with Gasteiger partial charge in [0.05, 0.1) is 34.4 Å². The molecule has 2 atom stereocenters. The normalized spacial score (nSPS) is 13.6. The van der Waals surface area contributed by atoms with Gasteiger partial charge in [-0.1, -0.05) is 145 Å². The molecule has 0 aromatic heterocycles. The maximum atomic E-state index is 12.7. The number of likely N-dealkylation sites (N-methyl/N-ethyl adjacent to an activating group) is 1. The van der Waals surface area contributed by atoms with Gasteiger partial charge in [0.25, 0.3) is 0 Å². The molecule has 0 amide bonds. The molecule has 2 unspecified atom stereocenters. The fraction of sp³-hybridized carbons (Fsp3) is 0.694. The van der Waals surface area contributed by atoms with Gasteiger partial charge in [0.1, 0.15) is 6.61 Å². The molecule has 0 rings (SSSR count). The number of allylic oxidation sites excluding steroid dienone is 12. The first-order valence-corrected chi connectivity index (χ1v) is 22.5. The number of carbonyl (C=O) groups is 3. The van der Waals surface area contributed by atoms with Crippen LogP contribution in [0.1, 0.15) is 168 Å². The van der Waals surface area contributed by atoms with E-state index < -0.39 is 18.1 Å². The van der Waals surface area contributed by atoms with Gasteiger partial charge in [-0.05, 0) is 77.0 Å². The predicted molar refractivity (Wildman–Crippen MR) is 238 cm³/mol. The van der Waals surface area contributed by atoms with Crippen molar-refractivity contribution in [3.05, 3.63) is 72.9 Å². The van der Waals surface area contributed by atoms with E-state index in [1.807, 2.05) is 21.1 Å². The summed E-state index contributed by atoms with van der Waals surface area (Å²) in [4.78, 5) is 37.0. The molecule has 0 bridgehead atoms. The largest absolute Gasteiger partial charge is 0.477 e. The van der Waals surface area contributed by atoms with Crippen LogP contribution in [-0.2, 0) is 28.6 Å². The monoisotopic (exact) mass is 799 g/mol. The number of aliphatic carboxylic acids is 1. The molecule has 0 aliphatic rings. The standard InChI is InChI=1S/C49H83NO7/c1-6-8-10-12-14-16-18-20-22-23-24-25-26-28-30-32-34-36-38-40-48(52)57-45(43-55-42-41-46(49(53)54)50(3,4)5)44-56-47(51)39-37-35-33-31-29-27-21-19-17-15-13-11-9-7-2/h8,10,13-16,19-22,24-25,45-46H,6-7,9,11-12,17-18,23,26-44H2,1-5H3/p+1/b10-8-,15-13-,16-14-,21-19-,22-20-,25-24-. The van der Waals surface area contributed by atoms with E-state index in [1.165, 1.54) is 32.1 Å². The van der Waals surface area contributed by atoms with Crippen LogP contribution < -0.4 is 0 Å². The van der Waals surface area contributed by atoms with Crippen molar-refractivity contribution >= 4 is 17.9 Å². The Morgan fingerprint density at radius 3 is 1.46 bits per heavy atom. The second-order valence-electron chi connectivity index (χ2n) is 15.9. The summed E-state index contributed by atoms with van der Waals surface area (Å²) in [5, 5.41) is 9.62. The van der Waals surface area contributed by atoms with Gasteiger partial charge < -0.3 is 23.8 Å². The van der Waals surface area contributed by atoms with Crippen LogP contribution in [0.5, 0.6) is 0 Å². The van der Waals surface area contributed by atoms with Crippen molar-refractivity contribution < 1.29 is 38.2 Å². The number of rotatable bonds is 39. The molecule has 0 radical (unpaired) electrons. The predicted octanol–water partition coefficient (Wildman–Crippen LogP) is 12.4. The van der Waals surface area contributed by atoms with Crippen molar-refractivity contribution in [2.45, 2.75) is 180 Å². The van der Waals surface area contributed by atoms with Crippen molar-refractivity contribution in [2.24, 2.45) is 0 Å². The molecule has 0 saturated carbocycles. The maximum Gasteiger partial charge on any atom is 0.362 e. The summed E-state index contributed by atoms with van der Waals surface area (Å²) in [7, 11) is 5.51. The first kappa shape index (κ1) is 53.8. The number of hydrogen-bond donors (Lipinski definition) is 1. The van der Waals surface area contributed by atoms with Crippen LogP contribution >= 0.6 is 0 Å². The fourth-order valence-electron chi connectivity index (χ4n) is 6.10. The van der Waals surface area contributed by atoms with Gasteiger partial charge >= 0.3 is 17.9 Å². The lowest BCUT2D eigenvalue weighted by molar-refractivity contribution is -0.887. The molecule has 326 valence electrons. The number of quaternary nitrogens is 1. The Kier molecular flexibility index (Phi) is 37.3. The van der Waals surface area contributed by atoms with Gasteiger partial charge in [-0.3, -0.25) is 9.59 Å². The summed E-state index contributed by atoms with van der Waals surface area (Å²) in [6.45, 7) is 4.54. The van der Waals surface area contributed by atoms with Gasteiger partial charge in [-0.15, -0.1) is 0 Å². The Balaban J connectivity index is 4.39. The van der Waals surface area contributed by atoms with Crippen LogP contribution in [0.25, 0.3) is 0 Å². The maximum absolute atomic E-state index is 12.7. The van der Waals surface area contributed by atoms with Crippen LogP contribution in [0.4, 0.5) is 0 Å². The third-order valence-electron chi connectivity index (χ3n) is 9.59. The first-order chi connectivity index (χ1) is 27.6. The molecule has 0 fully saturated rings. The summed E-state index contributed by atoms with van der Waals surface area (Å²) in [6, 6.07) is -0.623. The second kappa shape index (κ2) is 39.6. The number of carboxylic acid groups (broad SMARTS) is 1. The molecule has 0 saturated heterocycles. The number of esters is 2. The van der Waals surface area contributed by atoms with Crippen molar-refractivity contribution in [3.63, 3.8) is 0 Å². The van der Waals surface area contributed by atoms with Gasteiger partial charge in [0.2, 0.25) is 0 Å². The van der Waals surface area contributed by atoms with Crippen LogP contribution in [0.3, 0.4) is 0 Å². The van der Waals surface area contributed by atoms with Crippen molar-refractivity contribution in [2.75, 3.05) is 41.0 Å². The average molecular weight is 799 g/mol. The van der Waals surface area contributed by atoms with Crippen molar-refractivity contribution in [1.29, 1.82) is 0 Å². The summed E-state index contributed by atoms with van der Waals surface area (Å²) < 4.78 is 17.3. The Hall–Kier alpha value is -3.23. The molecule has 0 heterocycles. The van der Waals surface area contributed by atoms with E-state index in [9.17, 15) is 19.5 Å². The molecular formula is C49H84NO7+. The van der Waals surface area contributed by atoms with E-state index in [-0.39, 0.29) is 36.2 Å². The van der Waals surface area contributed by atoms with E-state index in [4.69, 9.17) is 14.2 Å². The van der Waals surface area contributed by atoms with Crippen LogP contribution in [0.15, 0.2) is 72.9 Å². The highest BCUT2D eigenvalue weighted by Gasteiger charge is 2.31. The summed E-state index contributed by atoms with van der Waals surface area (Å²) in [5.41, 5.74) is 0. The minimum atomic E-state index is -0.883. The highest BCUT2D eigenvalue weighted by molar-refractivity contribution is 5.72. The summed E-state index contributed by atoms with van der Waals surface area (Å²) >= 11 is 0. The van der Waals surface area contributed by atoms with Gasteiger partial charge in [-0.25, -0.2) is 4.79 Å². The molecule has 0 aliphatic carbocycles. The van der Waals surface area contributed by atoms with Gasteiger partial charge in [0.15, 0.2) is 12.1 Å². The molecule has 8 heteroatoms. The van der Waals surface area contributed by atoms with Crippen LogP contribution in [0, 0.1) is 0 Å². The van der Waals surface area contributed by atoms with E-state index >= 15 is 0 Å². The van der Waals surface area contributed by atoms with E-state index in [0.717, 1.165) is 103 Å². The second-order valence-corrected chi connectivity index (χ2v) is 15.9. The molecule has 8 nitrogen and oxygen atoms in total. The Labute approximate surface area is 349 Å². The first-order valence-electron chi connectivity index (χ1n) is 22.5. The van der Waals surface area contributed by atoms with E-state index in [1.54, 1.807) is 0 Å². The van der Waals surface area contributed by atoms with Gasteiger partial charge in [-0.2, -0.15) is 0 Å². The highest BCUT2D eigenvalue weighted by Crippen LogP contribution is 2.13. The number of hydrogen-bond acceptors (Lipinski definition) is 6. The van der Waals surface area contributed by atoms with Crippen molar-refractivity contribution in [1.82, 2.24) is 0 Å². The zero-order valence-electron chi connectivity index (χ0n) is 37.0. The van der Waals surface area contributed by atoms with Gasteiger partial charge in [0, 0.05) is 19.3 Å². The molecule has 57 heavy (non-hydrogen) atoms. The number of unbranched alkanes of at least 4 members (excludes halogenated alkanes) is 13. The lowest BCUT2D eigenvalue weighted by atomic mass is 10.1. The highest BCUT2D eigenvalue weighted by atomic mass is 16.6. The minimum absolute atomic E-state index is 0.0470. The quantitative estimate of drug-likeness (QED) is 0.0286. The SMILES string of the molecule is CC/C=C\C/C=C\C/C=C\C/C=C\CCCCCCCCC(=O)OC(COCCC(C(=O)O)[N+](C)(C)C)COC(=O)CCCCCCC/C=C\C/C=C\CCCC. The smallest absolute Gasteiger partial charge is 0.362 e. The lowest BCUT2D eigenvalue weighted by Crippen LogP contribution is -2.50. The van der Waals surface area contributed by atoms with Crippen LogP contribution in [-0.4, -0.2) is 80.6 Å².